The second-order valence-corrected chi connectivity index (χ2v) is 5.48. The Morgan fingerprint density at radius 2 is 2.21 bits per heavy atom. The first kappa shape index (κ1) is 15.5. The van der Waals surface area contributed by atoms with Crippen LogP contribution in [-0.2, 0) is 4.79 Å². The first-order valence-electron chi connectivity index (χ1n) is 6.05. The van der Waals surface area contributed by atoms with Crippen molar-refractivity contribution in [3.05, 3.63) is 22.2 Å². The summed E-state index contributed by atoms with van der Waals surface area (Å²) in [5.41, 5.74) is 0.891. The molecule has 0 spiro atoms. The van der Waals surface area contributed by atoms with E-state index in [2.05, 4.69) is 41.2 Å². The molecule has 1 amide bonds. The van der Waals surface area contributed by atoms with E-state index >= 15 is 0 Å². The molecule has 0 aliphatic carbocycles. The Balaban J connectivity index is 2.88. The SMILES string of the molecule is COc1cc(NC(=O)CCC(C)C)c(C#N)cc1Br. The summed E-state index contributed by atoms with van der Waals surface area (Å²) in [6.45, 7) is 4.13. The van der Waals surface area contributed by atoms with Gasteiger partial charge >= 0.3 is 0 Å². The second kappa shape index (κ2) is 7.15. The van der Waals surface area contributed by atoms with Crippen molar-refractivity contribution in [2.45, 2.75) is 26.7 Å². The molecule has 0 aliphatic heterocycles. The van der Waals surface area contributed by atoms with Gasteiger partial charge in [-0.2, -0.15) is 5.26 Å². The number of amides is 1. The first-order chi connectivity index (χ1) is 8.97. The molecule has 0 radical (unpaired) electrons. The molecule has 0 bridgehead atoms. The standard InChI is InChI=1S/C14H17BrN2O2/c1-9(2)4-5-14(18)17-12-7-13(19-3)11(15)6-10(12)8-16/h6-7,9H,4-5H2,1-3H3,(H,17,18). The van der Waals surface area contributed by atoms with Crippen LogP contribution in [0.4, 0.5) is 5.69 Å². The molecule has 0 heterocycles. The fourth-order valence-electron chi connectivity index (χ4n) is 1.54. The van der Waals surface area contributed by atoms with Crippen molar-refractivity contribution in [1.29, 1.82) is 5.26 Å². The molecular formula is C14H17BrN2O2. The van der Waals surface area contributed by atoms with Gasteiger partial charge in [0.1, 0.15) is 11.8 Å². The van der Waals surface area contributed by atoms with Crippen molar-refractivity contribution in [2.75, 3.05) is 12.4 Å². The van der Waals surface area contributed by atoms with Crippen molar-refractivity contribution < 1.29 is 9.53 Å². The van der Waals surface area contributed by atoms with E-state index in [0.29, 0.717) is 33.8 Å². The van der Waals surface area contributed by atoms with Gasteiger partial charge in [-0.25, -0.2) is 0 Å². The number of anilines is 1. The molecule has 0 unspecified atom stereocenters. The zero-order valence-electron chi connectivity index (χ0n) is 11.3. The van der Waals surface area contributed by atoms with Crippen LogP contribution in [0.2, 0.25) is 0 Å². The first-order valence-corrected chi connectivity index (χ1v) is 6.84. The topological polar surface area (TPSA) is 62.1 Å². The van der Waals surface area contributed by atoms with Crippen molar-refractivity contribution in [2.24, 2.45) is 5.92 Å². The van der Waals surface area contributed by atoms with Gasteiger partial charge in [0.2, 0.25) is 5.91 Å². The number of nitrogens with one attached hydrogen (secondary N) is 1. The molecule has 0 saturated carbocycles. The van der Waals surface area contributed by atoms with Crippen LogP contribution in [0.25, 0.3) is 0 Å². The Kier molecular flexibility index (Phi) is 5.84. The minimum atomic E-state index is -0.0884. The maximum absolute atomic E-state index is 11.8. The number of ether oxygens (including phenoxy) is 1. The number of halogens is 1. The predicted molar refractivity (Wildman–Crippen MR) is 78.1 cm³/mol. The molecule has 0 fully saturated rings. The van der Waals surface area contributed by atoms with Crippen molar-refractivity contribution in [1.82, 2.24) is 0 Å². The lowest BCUT2D eigenvalue weighted by atomic mass is 10.1. The molecule has 4 nitrogen and oxygen atoms in total. The molecule has 1 rings (SSSR count). The average Bonchev–Trinajstić information content (AvgIpc) is 2.37. The van der Waals surface area contributed by atoms with Crippen molar-refractivity contribution >= 4 is 27.5 Å². The summed E-state index contributed by atoms with van der Waals surface area (Å²) in [6, 6.07) is 5.34. The van der Waals surface area contributed by atoms with Gasteiger partial charge < -0.3 is 10.1 Å². The second-order valence-electron chi connectivity index (χ2n) is 4.62. The lowest BCUT2D eigenvalue weighted by Crippen LogP contribution is -2.13. The Bertz CT molecular complexity index is 507. The third-order valence-electron chi connectivity index (χ3n) is 2.64. The number of nitrogens with zero attached hydrogens (tertiary/aromatic N) is 1. The van der Waals surface area contributed by atoms with Crippen LogP contribution in [0.1, 0.15) is 32.3 Å². The van der Waals surface area contributed by atoms with Gasteiger partial charge in [-0.1, -0.05) is 13.8 Å². The van der Waals surface area contributed by atoms with Crippen LogP contribution in [-0.4, -0.2) is 13.0 Å². The molecule has 0 aromatic heterocycles. The molecule has 1 aromatic rings. The minimum Gasteiger partial charge on any atom is -0.495 e. The fourth-order valence-corrected chi connectivity index (χ4v) is 2.04. The summed E-state index contributed by atoms with van der Waals surface area (Å²) >= 11 is 3.31. The predicted octanol–water partition coefficient (Wildman–Crippen LogP) is 3.70. The van der Waals surface area contributed by atoms with Gasteiger partial charge in [-0.3, -0.25) is 4.79 Å². The van der Waals surface area contributed by atoms with Crippen LogP contribution in [0.5, 0.6) is 5.75 Å². The highest BCUT2D eigenvalue weighted by Crippen LogP contribution is 2.31. The zero-order chi connectivity index (χ0) is 14.4. The zero-order valence-corrected chi connectivity index (χ0v) is 12.9. The monoisotopic (exact) mass is 324 g/mol. The van der Waals surface area contributed by atoms with Gasteiger partial charge in [-0.15, -0.1) is 0 Å². The molecule has 0 saturated heterocycles. The van der Waals surface area contributed by atoms with E-state index < -0.39 is 0 Å². The molecule has 19 heavy (non-hydrogen) atoms. The number of carbonyl (C=O) groups is 1. The van der Waals surface area contributed by atoms with Crippen LogP contribution in [0, 0.1) is 17.2 Å². The lowest BCUT2D eigenvalue weighted by Gasteiger charge is -2.11. The minimum absolute atomic E-state index is 0.0884. The van der Waals surface area contributed by atoms with Gasteiger partial charge in [-0.05, 0) is 34.3 Å². The lowest BCUT2D eigenvalue weighted by molar-refractivity contribution is -0.116. The third-order valence-corrected chi connectivity index (χ3v) is 3.25. The average molecular weight is 325 g/mol. The van der Waals surface area contributed by atoms with Crippen LogP contribution in [0.15, 0.2) is 16.6 Å². The van der Waals surface area contributed by atoms with Gasteiger partial charge in [0.05, 0.1) is 22.8 Å². The summed E-state index contributed by atoms with van der Waals surface area (Å²) in [5.74, 6) is 0.966. The number of rotatable bonds is 5. The summed E-state index contributed by atoms with van der Waals surface area (Å²) in [6.07, 6.45) is 1.27. The number of hydrogen-bond acceptors (Lipinski definition) is 3. The van der Waals surface area contributed by atoms with Crippen molar-refractivity contribution in [3.8, 4) is 11.8 Å². The highest BCUT2D eigenvalue weighted by atomic mass is 79.9. The Morgan fingerprint density at radius 1 is 1.53 bits per heavy atom. The van der Waals surface area contributed by atoms with E-state index in [9.17, 15) is 4.79 Å². The smallest absolute Gasteiger partial charge is 0.224 e. The number of hydrogen-bond donors (Lipinski definition) is 1. The fraction of sp³-hybridized carbons (Fsp3) is 0.429. The van der Waals surface area contributed by atoms with Crippen molar-refractivity contribution in [3.63, 3.8) is 0 Å². The number of benzene rings is 1. The van der Waals surface area contributed by atoms with Crippen LogP contribution >= 0.6 is 15.9 Å². The van der Waals surface area contributed by atoms with Gasteiger partial charge in [0.25, 0.3) is 0 Å². The summed E-state index contributed by atoms with van der Waals surface area (Å²) in [5, 5.41) is 11.8. The molecule has 102 valence electrons. The maximum Gasteiger partial charge on any atom is 0.224 e. The molecule has 0 aliphatic rings. The van der Waals surface area contributed by atoms with Gasteiger partial charge in [0, 0.05) is 12.5 Å². The van der Waals surface area contributed by atoms with E-state index in [0.717, 1.165) is 6.42 Å². The highest BCUT2D eigenvalue weighted by Gasteiger charge is 2.11. The quantitative estimate of drug-likeness (QED) is 0.898. The van der Waals surface area contributed by atoms with E-state index in [1.165, 1.54) is 7.11 Å². The molecule has 1 aromatic carbocycles. The summed E-state index contributed by atoms with van der Waals surface area (Å²) in [7, 11) is 1.54. The molecular weight excluding hydrogens is 308 g/mol. The Hall–Kier alpha value is -1.54. The third kappa shape index (κ3) is 4.56. The van der Waals surface area contributed by atoms with Crippen LogP contribution < -0.4 is 10.1 Å². The Labute approximate surface area is 121 Å². The van der Waals surface area contributed by atoms with Crippen LogP contribution in [0.3, 0.4) is 0 Å². The van der Waals surface area contributed by atoms with E-state index in [1.807, 2.05) is 0 Å². The molecule has 1 N–H and O–H groups in total. The summed E-state index contributed by atoms with van der Waals surface area (Å²) in [4.78, 5) is 11.8. The van der Waals surface area contributed by atoms with E-state index in [-0.39, 0.29) is 5.91 Å². The number of carbonyl (C=O) groups excluding carboxylic acids is 1. The largest absolute Gasteiger partial charge is 0.495 e. The van der Waals surface area contributed by atoms with E-state index in [4.69, 9.17) is 10.00 Å². The number of methoxy groups -OCH3 is 1. The Morgan fingerprint density at radius 3 is 2.74 bits per heavy atom. The highest BCUT2D eigenvalue weighted by molar-refractivity contribution is 9.10. The van der Waals surface area contributed by atoms with E-state index in [1.54, 1.807) is 12.1 Å². The normalized spacial score (nSPS) is 10.1. The van der Waals surface area contributed by atoms with Gasteiger partial charge in [0.15, 0.2) is 0 Å². The summed E-state index contributed by atoms with van der Waals surface area (Å²) < 4.78 is 5.84. The maximum atomic E-state index is 11.8. The molecule has 0 atom stereocenters. The number of nitriles is 1. The molecule has 5 heteroatoms.